The van der Waals surface area contributed by atoms with E-state index in [2.05, 4.69) is 16.0 Å². The Morgan fingerprint density at radius 2 is 1.62 bits per heavy atom. The third-order valence-electron chi connectivity index (χ3n) is 4.60. The SMILES string of the molecule is O=C(CN1CCC(NC(=O)Nc2ccc(F)cc2)CC1)Nc1ccc(Cl)c(Cl)c1. The van der Waals surface area contributed by atoms with E-state index in [0.717, 1.165) is 12.8 Å². The molecular formula is C20H21Cl2FN4O2. The lowest BCUT2D eigenvalue weighted by Crippen LogP contribution is -2.47. The zero-order chi connectivity index (χ0) is 20.8. The van der Waals surface area contributed by atoms with Gasteiger partial charge in [-0.3, -0.25) is 9.69 Å². The third-order valence-corrected chi connectivity index (χ3v) is 5.33. The minimum Gasteiger partial charge on any atom is -0.335 e. The first-order chi connectivity index (χ1) is 13.9. The van der Waals surface area contributed by atoms with Gasteiger partial charge >= 0.3 is 6.03 Å². The highest BCUT2D eigenvalue weighted by atomic mass is 35.5. The van der Waals surface area contributed by atoms with E-state index < -0.39 is 0 Å². The summed E-state index contributed by atoms with van der Waals surface area (Å²) in [5.41, 5.74) is 1.12. The first kappa shape index (κ1) is 21.4. The lowest BCUT2D eigenvalue weighted by Gasteiger charge is -2.31. The molecule has 9 heteroatoms. The van der Waals surface area contributed by atoms with E-state index in [1.165, 1.54) is 24.3 Å². The molecular weight excluding hydrogens is 418 g/mol. The van der Waals surface area contributed by atoms with Crippen LogP contribution >= 0.6 is 23.2 Å². The van der Waals surface area contributed by atoms with E-state index in [1.807, 2.05) is 4.90 Å². The molecule has 0 spiro atoms. The molecule has 154 valence electrons. The van der Waals surface area contributed by atoms with Crippen LogP contribution in [-0.2, 0) is 4.79 Å². The number of hydrogen-bond acceptors (Lipinski definition) is 3. The highest BCUT2D eigenvalue weighted by Crippen LogP contribution is 2.25. The monoisotopic (exact) mass is 438 g/mol. The van der Waals surface area contributed by atoms with E-state index in [9.17, 15) is 14.0 Å². The first-order valence-electron chi connectivity index (χ1n) is 9.19. The standard InChI is InChI=1S/C20H21Cl2FN4O2/c21-17-6-5-16(11-18(17)22)24-19(28)12-27-9-7-15(8-10-27)26-20(29)25-14-3-1-13(23)2-4-14/h1-6,11,15H,7-10,12H2,(H,24,28)(H2,25,26,29). The van der Waals surface area contributed by atoms with Gasteiger partial charge in [-0.1, -0.05) is 23.2 Å². The zero-order valence-electron chi connectivity index (χ0n) is 15.6. The van der Waals surface area contributed by atoms with Crippen molar-refractivity contribution in [3.05, 3.63) is 58.3 Å². The second-order valence-electron chi connectivity index (χ2n) is 6.83. The summed E-state index contributed by atoms with van der Waals surface area (Å²) in [6.45, 7) is 1.64. The number of nitrogens with zero attached hydrogens (tertiary/aromatic N) is 1. The van der Waals surface area contributed by atoms with Gasteiger partial charge in [-0.25, -0.2) is 9.18 Å². The fourth-order valence-electron chi connectivity index (χ4n) is 3.10. The Bertz CT molecular complexity index is 871. The number of nitrogens with one attached hydrogen (secondary N) is 3. The predicted molar refractivity (Wildman–Crippen MR) is 113 cm³/mol. The van der Waals surface area contributed by atoms with Crippen molar-refractivity contribution in [2.75, 3.05) is 30.3 Å². The van der Waals surface area contributed by atoms with Crippen LogP contribution in [0.5, 0.6) is 0 Å². The van der Waals surface area contributed by atoms with Gasteiger partial charge in [0.25, 0.3) is 0 Å². The normalized spacial score (nSPS) is 15.0. The Hall–Kier alpha value is -2.35. The maximum atomic E-state index is 12.9. The molecule has 0 aromatic heterocycles. The number of carbonyl (C=O) groups excluding carboxylic acids is 2. The van der Waals surface area contributed by atoms with Gasteiger partial charge in [0.2, 0.25) is 5.91 Å². The van der Waals surface area contributed by atoms with Gasteiger partial charge in [0.1, 0.15) is 5.82 Å². The fourth-order valence-corrected chi connectivity index (χ4v) is 3.40. The van der Waals surface area contributed by atoms with Crippen molar-refractivity contribution in [1.82, 2.24) is 10.2 Å². The average molecular weight is 439 g/mol. The molecule has 1 fully saturated rings. The molecule has 0 unspecified atom stereocenters. The Kier molecular flexibility index (Phi) is 7.30. The number of urea groups is 1. The maximum Gasteiger partial charge on any atom is 0.319 e. The van der Waals surface area contributed by atoms with Gasteiger partial charge in [0.15, 0.2) is 0 Å². The number of hydrogen-bond donors (Lipinski definition) is 3. The van der Waals surface area contributed by atoms with E-state index >= 15 is 0 Å². The van der Waals surface area contributed by atoms with Crippen LogP contribution in [0.1, 0.15) is 12.8 Å². The maximum absolute atomic E-state index is 12.9. The molecule has 2 aromatic rings. The van der Waals surface area contributed by atoms with Gasteiger partial charge in [-0.2, -0.15) is 0 Å². The molecule has 1 heterocycles. The summed E-state index contributed by atoms with van der Waals surface area (Å²) < 4.78 is 12.9. The largest absolute Gasteiger partial charge is 0.335 e. The van der Waals surface area contributed by atoms with Crippen LogP contribution in [0, 0.1) is 5.82 Å². The summed E-state index contributed by atoms with van der Waals surface area (Å²) in [5, 5.41) is 9.21. The summed E-state index contributed by atoms with van der Waals surface area (Å²) in [6.07, 6.45) is 1.47. The lowest BCUT2D eigenvalue weighted by molar-refractivity contribution is -0.117. The van der Waals surface area contributed by atoms with Gasteiger partial charge in [0.05, 0.1) is 16.6 Å². The van der Waals surface area contributed by atoms with Crippen molar-refractivity contribution < 1.29 is 14.0 Å². The number of anilines is 2. The fraction of sp³-hybridized carbons (Fsp3) is 0.300. The van der Waals surface area contributed by atoms with Gasteiger partial charge in [-0.15, -0.1) is 0 Å². The van der Waals surface area contributed by atoms with Gasteiger partial charge < -0.3 is 16.0 Å². The zero-order valence-corrected chi connectivity index (χ0v) is 17.1. The molecule has 0 radical (unpaired) electrons. The molecule has 0 bridgehead atoms. The molecule has 0 aliphatic carbocycles. The van der Waals surface area contributed by atoms with Crippen molar-refractivity contribution in [3.8, 4) is 0 Å². The quantitative estimate of drug-likeness (QED) is 0.649. The minimum absolute atomic E-state index is 0.0184. The van der Waals surface area contributed by atoms with Crippen LogP contribution < -0.4 is 16.0 Å². The Balaban J connectivity index is 1.39. The van der Waals surface area contributed by atoms with Crippen molar-refractivity contribution in [3.63, 3.8) is 0 Å². The number of likely N-dealkylation sites (tertiary alicyclic amines) is 1. The second kappa shape index (κ2) is 9.91. The summed E-state index contributed by atoms with van der Waals surface area (Å²) in [7, 11) is 0. The van der Waals surface area contributed by atoms with Crippen molar-refractivity contribution >= 4 is 46.5 Å². The van der Waals surface area contributed by atoms with Crippen molar-refractivity contribution in [2.45, 2.75) is 18.9 Å². The first-order valence-corrected chi connectivity index (χ1v) is 9.95. The molecule has 1 aliphatic heterocycles. The molecule has 0 saturated carbocycles. The predicted octanol–water partition coefficient (Wildman–Crippen LogP) is 4.36. The van der Waals surface area contributed by atoms with Crippen LogP contribution in [-0.4, -0.2) is 42.5 Å². The molecule has 29 heavy (non-hydrogen) atoms. The molecule has 6 nitrogen and oxygen atoms in total. The highest BCUT2D eigenvalue weighted by Gasteiger charge is 2.22. The van der Waals surface area contributed by atoms with Crippen LogP contribution in [0.3, 0.4) is 0 Å². The Morgan fingerprint density at radius 1 is 0.966 bits per heavy atom. The Labute approximate surface area is 178 Å². The molecule has 1 saturated heterocycles. The molecule has 3 amide bonds. The van der Waals surface area contributed by atoms with E-state index in [1.54, 1.807) is 18.2 Å². The molecule has 3 N–H and O–H groups in total. The number of amides is 3. The molecule has 0 atom stereocenters. The number of rotatable bonds is 5. The van der Waals surface area contributed by atoms with Crippen LogP contribution in [0.2, 0.25) is 10.0 Å². The van der Waals surface area contributed by atoms with E-state index in [0.29, 0.717) is 34.5 Å². The highest BCUT2D eigenvalue weighted by molar-refractivity contribution is 6.42. The van der Waals surface area contributed by atoms with Crippen LogP contribution in [0.25, 0.3) is 0 Å². The second-order valence-corrected chi connectivity index (χ2v) is 7.65. The van der Waals surface area contributed by atoms with Crippen molar-refractivity contribution in [2.24, 2.45) is 0 Å². The number of halogens is 3. The summed E-state index contributed by atoms with van der Waals surface area (Å²) in [5.74, 6) is -0.490. The van der Waals surface area contributed by atoms with Crippen molar-refractivity contribution in [1.29, 1.82) is 0 Å². The summed E-state index contributed by atoms with van der Waals surface area (Å²) in [4.78, 5) is 26.3. The number of carbonyl (C=O) groups is 2. The Morgan fingerprint density at radius 3 is 2.28 bits per heavy atom. The molecule has 1 aliphatic rings. The van der Waals surface area contributed by atoms with E-state index in [-0.39, 0.29) is 30.3 Å². The summed E-state index contributed by atoms with van der Waals surface area (Å²) in [6, 6.07) is 10.2. The number of benzene rings is 2. The van der Waals surface area contributed by atoms with E-state index in [4.69, 9.17) is 23.2 Å². The van der Waals surface area contributed by atoms with Gasteiger partial charge in [0, 0.05) is 30.5 Å². The smallest absolute Gasteiger partial charge is 0.319 e. The van der Waals surface area contributed by atoms with Crippen LogP contribution in [0.4, 0.5) is 20.6 Å². The average Bonchev–Trinajstić information content (AvgIpc) is 2.68. The third kappa shape index (κ3) is 6.59. The molecule has 3 rings (SSSR count). The minimum atomic E-state index is -0.355. The van der Waals surface area contributed by atoms with Gasteiger partial charge in [-0.05, 0) is 55.3 Å². The summed E-state index contributed by atoms with van der Waals surface area (Å²) >= 11 is 11.8. The molecule has 2 aromatic carbocycles. The topological polar surface area (TPSA) is 73.5 Å². The van der Waals surface area contributed by atoms with Crippen LogP contribution in [0.15, 0.2) is 42.5 Å². The lowest BCUT2D eigenvalue weighted by atomic mass is 10.1. The number of piperidine rings is 1.